The van der Waals surface area contributed by atoms with Crippen LogP contribution in [-0.2, 0) is 0 Å². The number of nitrogens with zero attached hydrogens (tertiary/aromatic N) is 3. The Hall–Kier alpha value is -2.61. The van der Waals surface area contributed by atoms with Gasteiger partial charge in [0.05, 0.1) is 13.3 Å². The molecule has 0 amide bonds. The molecule has 0 saturated heterocycles. The number of ether oxygens (including phenoxy) is 2. The normalized spacial score (nSPS) is 11.7. The Morgan fingerprint density at radius 2 is 2.08 bits per heavy atom. The van der Waals surface area contributed by atoms with E-state index < -0.39 is 11.9 Å². The van der Waals surface area contributed by atoms with Crippen molar-refractivity contribution in [2.45, 2.75) is 6.10 Å². The average Bonchev–Trinajstić information content (AvgIpc) is 2.59. The summed E-state index contributed by atoms with van der Waals surface area (Å²) in [5.74, 6) is 1.18. The second kappa shape index (κ2) is 8.30. The third-order valence-corrected chi connectivity index (χ3v) is 3.13. The van der Waals surface area contributed by atoms with E-state index in [1.807, 2.05) is 0 Å². The second-order valence-corrected chi connectivity index (χ2v) is 5.28. The first kappa shape index (κ1) is 17.7. The molecule has 1 heterocycles. The summed E-state index contributed by atoms with van der Waals surface area (Å²) in [7, 11) is 4.95. The van der Waals surface area contributed by atoms with Gasteiger partial charge in [0.25, 0.3) is 0 Å². The van der Waals surface area contributed by atoms with Crippen LogP contribution < -0.4 is 19.7 Å². The van der Waals surface area contributed by atoms with E-state index in [0.717, 1.165) is 6.20 Å². The maximum Gasteiger partial charge on any atom is 0.224 e. The lowest BCUT2D eigenvalue weighted by Gasteiger charge is -2.15. The summed E-state index contributed by atoms with van der Waals surface area (Å²) in [6, 6.07) is 7.11. The standard InChI is InChI=1S/C16H21FN4O3/c1-21(2)15-14(17)9-19-16(20-15)18-8-11(22)10-24-13-6-4-5-12(7-13)23-3/h4-7,9,11,22H,8,10H2,1-3H3,(H,18,19,20). The minimum Gasteiger partial charge on any atom is -0.497 e. The number of aromatic nitrogens is 2. The molecule has 1 aromatic carbocycles. The minimum atomic E-state index is -0.785. The highest BCUT2D eigenvalue weighted by atomic mass is 19.1. The topological polar surface area (TPSA) is 79.7 Å². The lowest BCUT2D eigenvalue weighted by atomic mass is 10.3. The number of benzene rings is 1. The molecule has 0 saturated carbocycles. The highest BCUT2D eigenvalue weighted by Gasteiger charge is 2.11. The van der Waals surface area contributed by atoms with E-state index in [2.05, 4.69) is 15.3 Å². The summed E-state index contributed by atoms with van der Waals surface area (Å²) in [5.41, 5.74) is 0. The molecule has 130 valence electrons. The van der Waals surface area contributed by atoms with Crippen molar-refractivity contribution in [2.24, 2.45) is 0 Å². The van der Waals surface area contributed by atoms with Gasteiger partial charge in [0.2, 0.25) is 5.95 Å². The molecule has 1 atom stereocenters. The van der Waals surface area contributed by atoms with Crippen molar-refractivity contribution in [1.29, 1.82) is 0 Å². The summed E-state index contributed by atoms with van der Waals surface area (Å²) in [4.78, 5) is 9.43. The second-order valence-electron chi connectivity index (χ2n) is 5.28. The smallest absolute Gasteiger partial charge is 0.224 e. The first-order valence-corrected chi connectivity index (χ1v) is 7.38. The fourth-order valence-corrected chi connectivity index (χ4v) is 1.91. The minimum absolute atomic E-state index is 0.0852. The molecule has 0 bridgehead atoms. The molecule has 0 radical (unpaired) electrons. The predicted octanol–water partition coefficient (Wildman–Crippen LogP) is 1.54. The van der Waals surface area contributed by atoms with E-state index in [4.69, 9.17) is 9.47 Å². The third kappa shape index (κ3) is 4.95. The number of nitrogens with one attached hydrogen (secondary N) is 1. The molecule has 0 spiro atoms. The molecule has 24 heavy (non-hydrogen) atoms. The third-order valence-electron chi connectivity index (χ3n) is 3.13. The Morgan fingerprint density at radius 3 is 2.79 bits per heavy atom. The van der Waals surface area contributed by atoms with Crippen molar-refractivity contribution in [3.8, 4) is 11.5 Å². The zero-order chi connectivity index (χ0) is 17.5. The van der Waals surface area contributed by atoms with Gasteiger partial charge >= 0.3 is 0 Å². The summed E-state index contributed by atoms with van der Waals surface area (Å²) in [5, 5.41) is 12.8. The first-order valence-electron chi connectivity index (χ1n) is 7.38. The summed E-state index contributed by atoms with van der Waals surface area (Å²) >= 11 is 0. The van der Waals surface area contributed by atoms with Gasteiger partial charge in [-0.05, 0) is 12.1 Å². The predicted molar refractivity (Wildman–Crippen MR) is 89.3 cm³/mol. The van der Waals surface area contributed by atoms with Crippen LogP contribution in [0.25, 0.3) is 0 Å². The van der Waals surface area contributed by atoms with Crippen LogP contribution in [0, 0.1) is 5.82 Å². The number of anilines is 2. The van der Waals surface area contributed by atoms with Crippen LogP contribution in [0.5, 0.6) is 11.5 Å². The Balaban J connectivity index is 1.84. The van der Waals surface area contributed by atoms with Gasteiger partial charge in [0.15, 0.2) is 11.6 Å². The molecule has 2 rings (SSSR count). The van der Waals surface area contributed by atoms with Crippen LogP contribution >= 0.6 is 0 Å². The van der Waals surface area contributed by atoms with E-state index in [0.29, 0.717) is 11.5 Å². The number of hydrogen-bond donors (Lipinski definition) is 2. The zero-order valence-electron chi connectivity index (χ0n) is 13.9. The molecular formula is C16H21FN4O3. The lowest BCUT2D eigenvalue weighted by molar-refractivity contribution is 0.117. The number of aliphatic hydroxyl groups excluding tert-OH is 1. The van der Waals surface area contributed by atoms with E-state index in [1.165, 1.54) is 0 Å². The van der Waals surface area contributed by atoms with Gasteiger partial charge in [-0.15, -0.1) is 0 Å². The van der Waals surface area contributed by atoms with E-state index in [-0.39, 0.29) is 24.9 Å². The SMILES string of the molecule is COc1cccc(OCC(O)CNc2ncc(F)c(N(C)C)n2)c1. The number of hydrogen-bond acceptors (Lipinski definition) is 7. The van der Waals surface area contributed by atoms with E-state index >= 15 is 0 Å². The molecule has 0 aliphatic rings. The van der Waals surface area contributed by atoms with Crippen molar-refractivity contribution >= 4 is 11.8 Å². The quantitative estimate of drug-likeness (QED) is 0.757. The Morgan fingerprint density at radius 1 is 1.33 bits per heavy atom. The van der Waals surface area contributed by atoms with E-state index in [9.17, 15) is 9.50 Å². The van der Waals surface area contributed by atoms with Crippen LogP contribution in [0.15, 0.2) is 30.5 Å². The largest absolute Gasteiger partial charge is 0.497 e. The van der Waals surface area contributed by atoms with Crippen molar-refractivity contribution < 1.29 is 19.0 Å². The van der Waals surface area contributed by atoms with Gasteiger partial charge in [-0.1, -0.05) is 6.07 Å². The highest BCUT2D eigenvalue weighted by Crippen LogP contribution is 2.19. The summed E-state index contributed by atoms with van der Waals surface area (Å²) in [6.45, 7) is 0.254. The van der Waals surface area contributed by atoms with Crippen molar-refractivity contribution in [3.63, 3.8) is 0 Å². The molecule has 2 N–H and O–H groups in total. The van der Waals surface area contributed by atoms with Gasteiger partial charge in [0.1, 0.15) is 24.2 Å². The van der Waals surface area contributed by atoms with Gasteiger partial charge < -0.3 is 24.8 Å². The van der Waals surface area contributed by atoms with Gasteiger partial charge in [-0.2, -0.15) is 4.98 Å². The Labute approximate surface area is 140 Å². The Kier molecular flexibility index (Phi) is 6.14. The average molecular weight is 336 g/mol. The van der Waals surface area contributed by atoms with Gasteiger partial charge in [-0.3, -0.25) is 0 Å². The van der Waals surface area contributed by atoms with Crippen molar-refractivity contribution in [1.82, 2.24) is 9.97 Å². The van der Waals surface area contributed by atoms with Crippen LogP contribution in [0.2, 0.25) is 0 Å². The highest BCUT2D eigenvalue weighted by molar-refractivity contribution is 5.42. The monoisotopic (exact) mass is 336 g/mol. The fourth-order valence-electron chi connectivity index (χ4n) is 1.91. The molecule has 1 aromatic heterocycles. The molecule has 0 fully saturated rings. The van der Waals surface area contributed by atoms with Gasteiger partial charge in [-0.25, -0.2) is 9.37 Å². The zero-order valence-corrected chi connectivity index (χ0v) is 13.9. The number of methoxy groups -OCH3 is 1. The Bertz CT molecular complexity index is 670. The molecule has 1 unspecified atom stereocenters. The maximum atomic E-state index is 13.5. The summed E-state index contributed by atoms with van der Waals surface area (Å²) in [6.07, 6.45) is 0.303. The number of aliphatic hydroxyl groups is 1. The maximum absolute atomic E-state index is 13.5. The van der Waals surface area contributed by atoms with Crippen LogP contribution in [-0.4, -0.2) is 55.5 Å². The molecule has 0 aliphatic heterocycles. The molecule has 8 heteroatoms. The molecule has 7 nitrogen and oxygen atoms in total. The molecule has 2 aromatic rings. The van der Waals surface area contributed by atoms with Gasteiger partial charge in [0, 0.05) is 26.7 Å². The molecule has 0 aliphatic carbocycles. The number of halogens is 1. The van der Waals surface area contributed by atoms with Crippen molar-refractivity contribution in [3.05, 3.63) is 36.3 Å². The fraction of sp³-hybridized carbons (Fsp3) is 0.375. The number of rotatable bonds is 8. The molecular weight excluding hydrogens is 315 g/mol. The summed E-state index contributed by atoms with van der Waals surface area (Å²) < 4.78 is 24.1. The first-order chi connectivity index (χ1) is 11.5. The van der Waals surface area contributed by atoms with Crippen LogP contribution in [0.3, 0.4) is 0 Å². The lowest BCUT2D eigenvalue weighted by Crippen LogP contribution is -2.27. The van der Waals surface area contributed by atoms with E-state index in [1.54, 1.807) is 50.4 Å². The van der Waals surface area contributed by atoms with Crippen molar-refractivity contribution in [2.75, 3.05) is 44.6 Å². The van der Waals surface area contributed by atoms with Crippen LogP contribution in [0.4, 0.5) is 16.2 Å². The van der Waals surface area contributed by atoms with Crippen LogP contribution in [0.1, 0.15) is 0 Å².